The van der Waals surface area contributed by atoms with Gasteiger partial charge in [-0.15, -0.1) is 0 Å². The largest absolute Gasteiger partial charge is 0.493 e. The standard InChI is InChI=1S/C32H39N3O3/c1-6-24-14-10-15-25-28(21-33-31(24)25)27(26-16-11-17-29(37-4)32(26)38-5)20-30(36)35(19-18-34(2)3)22-23-12-8-7-9-13-23/h7-17,21,27,33H,6,18-20,22H2,1-5H3. The Hall–Kier alpha value is -3.77. The summed E-state index contributed by atoms with van der Waals surface area (Å²) in [6.07, 6.45) is 3.30. The molecule has 0 radical (unpaired) electrons. The fraction of sp³-hybridized carbons (Fsp3) is 0.344. The second-order valence-corrected chi connectivity index (χ2v) is 9.88. The van der Waals surface area contributed by atoms with E-state index in [9.17, 15) is 4.79 Å². The van der Waals surface area contributed by atoms with E-state index in [0.717, 1.165) is 40.6 Å². The summed E-state index contributed by atoms with van der Waals surface area (Å²) in [5.74, 6) is 1.21. The number of nitrogens with zero attached hydrogens (tertiary/aromatic N) is 2. The number of H-pyrrole nitrogens is 1. The SMILES string of the molecule is CCc1cccc2c(C(CC(=O)N(CCN(C)C)Cc3ccccc3)c3cccc(OC)c3OC)c[nH]c12. The summed E-state index contributed by atoms with van der Waals surface area (Å²) in [7, 11) is 7.37. The Morgan fingerprint density at radius 1 is 0.895 bits per heavy atom. The van der Waals surface area contributed by atoms with Crippen LogP contribution >= 0.6 is 0 Å². The predicted octanol–water partition coefficient (Wildman–Crippen LogP) is 5.86. The highest BCUT2D eigenvalue weighted by molar-refractivity contribution is 5.88. The Bertz CT molecular complexity index is 1350. The van der Waals surface area contributed by atoms with Crippen LogP contribution in [0, 0.1) is 0 Å². The van der Waals surface area contributed by atoms with Gasteiger partial charge in [0.15, 0.2) is 11.5 Å². The predicted molar refractivity (Wildman–Crippen MR) is 154 cm³/mol. The lowest BCUT2D eigenvalue weighted by atomic mass is 9.86. The van der Waals surface area contributed by atoms with E-state index < -0.39 is 0 Å². The molecule has 1 heterocycles. The second-order valence-electron chi connectivity index (χ2n) is 9.88. The fourth-order valence-corrected chi connectivity index (χ4v) is 5.12. The van der Waals surface area contributed by atoms with Gasteiger partial charge in [0.1, 0.15) is 0 Å². The van der Waals surface area contributed by atoms with E-state index in [1.54, 1.807) is 14.2 Å². The van der Waals surface area contributed by atoms with E-state index in [-0.39, 0.29) is 11.8 Å². The molecule has 0 fully saturated rings. The zero-order valence-electron chi connectivity index (χ0n) is 23.2. The van der Waals surface area contributed by atoms with Crippen molar-refractivity contribution in [2.75, 3.05) is 41.4 Å². The summed E-state index contributed by atoms with van der Waals surface area (Å²) in [6.45, 7) is 4.17. The topological polar surface area (TPSA) is 57.8 Å². The van der Waals surface area contributed by atoms with Crippen LogP contribution in [0.2, 0.25) is 0 Å². The number of likely N-dealkylation sites (N-methyl/N-ethyl adjacent to an activating group) is 1. The number of fused-ring (bicyclic) bond motifs is 1. The van der Waals surface area contributed by atoms with E-state index in [2.05, 4.69) is 53.3 Å². The average Bonchev–Trinajstić information content (AvgIpc) is 3.38. The molecular weight excluding hydrogens is 474 g/mol. The maximum Gasteiger partial charge on any atom is 0.223 e. The highest BCUT2D eigenvalue weighted by Gasteiger charge is 2.28. The van der Waals surface area contributed by atoms with E-state index in [0.29, 0.717) is 31.0 Å². The molecule has 1 atom stereocenters. The number of aryl methyl sites for hydroxylation is 1. The molecule has 4 aromatic rings. The molecule has 0 aliphatic heterocycles. The van der Waals surface area contributed by atoms with Gasteiger partial charge in [0.2, 0.25) is 5.91 Å². The van der Waals surface area contributed by atoms with Crippen molar-refractivity contribution in [3.8, 4) is 11.5 Å². The number of carbonyl (C=O) groups is 1. The third-order valence-corrected chi connectivity index (χ3v) is 7.16. The van der Waals surface area contributed by atoms with Gasteiger partial charge >= 0.3 is 0 Å². The molecule has 200 valence electrons. The number of hydrogen-bond donors (Lipinski definition) is 1. The Morgan fingerprint density at radius 2 is 1.66 bits per heavy atom. The molecule has 1 N–H and O–H groups in total. The van der Waals surface area contributed by atoms with Gasteiger partial charge in [-0.1, -0.05) is 67.6 Å². The first-order valence-corrected chi connectivity index (χ1v) is 13.2. The molecule has 4 rings (SSSR count). The zero-order valence-corrected chi connectivity index (χ0v) is 23.2. The molecule has 0 aliphatic rings. The number of aromatic nitrogens is 1. The van der Waals surface area contributed by atoms with Crippen LogP contribution in [0.4, 0.5) is 0 Å². The van der Waals surface area contributed by atoms with Crippen molar-refractivity contribution >= 4 is 16.8 Å². The van der Waals surface area contributed by atoms with Crippen LogP contribution in [0.25, 0.3) is 10.9 Å². The smallest absolute Gasteiger partial charge is 0.223 e. The highest BCUT2D eigenvalue weighted by Crippen LogP contribution is 2.42. The van der Waals surface area contributed by atoms with Crippen molar-refractivity contribution in [2.45, 2.75) is 32.2 Å². The molecule has 0 saturated heterocycles. The number of para-hydroxylation sites is 2. The third-order valence-electron chi connectivity index (χ3n) is 7.16. The summed E-state index contributed by atoms with van der Waals surface area (Å²) in [6, 6.07) is 22.5. The van der Waals surface area contributed by atoms with Crippen LogP contribution in [-0.4, -0.2) is 62.1 Å². The van der Waals surface area contributed by atoms with Gasteiger partial charge in [0, 0.05) is 54.6 Å². The Morgan fingerprint density at radius 3 is 2.34 bits per heavy atom. The molecule has 3 aromatic carbocycles. The van der Waals surface area contributed by atoms with Gasteiger partial charge in [-0.25, -0.2) is 0 Å². The van der Waals surface area contributed by atoms with Crippen LogP contribution in [0.3, 0.4) is 0 Å². The lowest BCUT2D eigenvalue weighted by molar-refractivity contribution is -0.132. The molecule has 1 aromatic heterocycles. The first kappa shape index (κ1) is 27.3. The highest BCUT2D eigenvalue weighted by atomic mass is 16.5. The lowest BCUT2D eigenvalue weighted by Crippen LogP contribution is -2.37. The minimum Gasteiger partial charge on any atom is -0.493 e. The van der Waals surface area contributed by atoms with Crippen LogP contribution in [-0.2, 0) is 17.8 Å². The lowest BCUT2D eigenvalue weighted by Gasteiger charge is -2.28. The second kappa shape index (κ2) is 12.7. The van der Waals surface area contributed by atoms with E-state index >= 15 is 0 Å². The van der Waals surface area contributed by atoms with Crippen molar-refractivity contribution < 1.29 is 14.3 Å². The maximum absolute atomic E-state index is 14.1. The first-order valence-electron chi connectivity index (χ1n) is 13.2. The first-order chi connectivity index (χ1) is 18.5. The Labute approximate surface area is 226 Å². The molecule has 38 heavy (non-hydrogen) atoms. The van der Waals surface area contributed by atoms with Crippen molar-refractivity contribution in [1.82, 2.24) is 14.8 Å². The molecular formula is C32H39N3O3. The molecule has 0 spiro atoms. The fourth-order valence-electron chi connectivity index (χ4n) is 5.12. The van der Waals surface area contributed by atoms with E-state index in [1.165, 1.54) is 5.56 Å². The van der Waals surface area contributed by atoms with Crippen LogP contribution < -0.4 is 9.47 Å². The van der Waals surface area contributed by atoms with Gasteiger partial charge in [-0.3, -0.25) is 4.79 Å². The maximum atomic E-state index is 14.1. The Kier molecular flexibility index (Phi) is 9.08. The number of amides is 1. The zero-order chi connectivity index (χ0) is 27.1. The monoisotopic (exact) mass is 513 g/mol. The van der Waals surface area contributed by atoms with Crippen LogP contribution in [0.5, 0.6) is 11.5 Å². The minimum absolute atomic E-state index is 0.103. The summed E-state index contributed by atoms with van der Waals surface area (Å²) >= 11 is 0. The van der Waals surface area contributed by atoms with Gasteiger partial charge < -0.3 is 24.3 Å². The summed E-state index contributed by atoms with van der Waals surface area (Å²) in [5.41, 5.74) is 5.53. The molecule has 0 saturated carbocycles. The van der Waals surface area contributed by atoms with Gasteiger partial charge in [0.25, 0.3) is 0 Å². The molecule has 1 unspecified atom stereocenters. The van der Waals surface area contributed by atoms with Crippen molar-refractivity contribution in [3.63, 3.8) is 0 Å². The number of ether oxygens (including phenoxy) is 2. The summed E-state index contributed by atoms with van der Waals surface area (Å²) < 4.78 is 11.5. The molecule has 0 bridgehead atoms. The summed E-state index contributed by atoms with van der Waals surface area (Å²) in [4.78, 5) is 21.7. The number of nitrogens with one attached hydrogen (secondary N) is 1. The van der Waals surface area contributed by atoms with Crippen molar-refractivity contribution in [3.05, 3.63) is 95.2 Å². The van der Waals surface area contributed by atoms with Crippen molar-refractivity contribution in [2.24, 2.45) is 0 Å². The third kappa shape index (κ3) is 6.03. The summed E-state index contributed by atoms with van der Waals surface area (Å²) in [5, 5.41) is 1.13. The van der Waals surface area contributed by atoms with Gasteiger partial charge in [-0.2, -0.15) is 0 Å². The number of aromatic amines is 1. The minimum atomic E-state index is -0.217. The molecule has 6 nitrogen and oxygen atoms in total. The number of carbonyl (C=O) groups excluding carboxylic acids is 1. The van der Waals surface area contributed by atoms with Crippen LogP contribution in [0.1, 0.15) is 41.5 Å². The van der Waals surface area contributed by atoms with E-state index in [1.807, 2.05) is 55.4 Å². The van der Waals surface area contributed by atoms with E-state index in [4.69, 9.17) is 9.47 Å². The number of rotatable bonds is 12. The molecule has 6 heteroatoms. The van der Waals surface area contributed by atoms with Crippen LogP contribution in [0.15, 0.2) is 72.9 Å². The van der Waals surface area contributed by atoms with Gasteiger partial charge in [0.05, 0.1) is 14.2 Å². The number of benzene rings is 3. The Balaban J connectivity index is 1.78. The molecule has 0 aliphatic carbocycles. The quantitative estimate of drug-likeness (QED) is 0.258. The normalized spacial score (nSPS) is 12.1. The molecule has 1 amide bonds. The van der Waals surface area contributed by atoms with Gasteiger partial charge in [-0.05, 0) is 43.3 Å². The number of hydrogen-bond acceptors (Lipinski definition) is 4. The number of methoxy groups -OCH3 is 2. The van der Waals surface area contributed by atoms with Crippen molar-refractivity contribution in [1.29, 1.82) is 0 Å². The average molecular weight is 514 g/mol.